The first-order chi connectivity index (χ1) is 7.09. The van der Waals surface area contributed by atoms with Crippen LogP contribution in [0.5, 0.6) is 0 Å². The minimum Gasteiger partial charge on any atom is -0.481 e. The summed E-state index contributed by atoms with van der Waals surface area (Å²) < 4.78 is 2.62. The first-order valence-electron chi connectivity index (χ1n) is 4.44. The smallest absolute Gasteiger partial charge is 0.309 e. The Morgan fingerprint density at radius 2 is 2.33 bits per heavy atom. The Kier molecular flexibility index (Phi) is 2.48. The highest BCUT2D eigenvalue weighted by molar-refractivity contribution is 9.10. The summed E-state index contributed by atoms with van der Waals surface area (Å²) in [6.45, 7) is 1.88. The lowest BCUT2D eigenvalue weighted by molar-refractivity contribution is -0.136. The number of nitrogens with zero attached hydrogens (tertiary/aromatic N) is 2. The molecular formula is C10H9BrN2O2. The Morgan fingerprint density at radius 3 is 3.00 bits per heavy atom. The zero-order valence-corrected chi connectivity index (χ0v) is 9.65. The normalized spacial score (nSPS) is 10.8. The molecular weight excluding hydrogens is 260 g/mol. The van der Waals surface area contributed by atoms with Gasteiger partial charge in [-0.25, -0.2) is 4.98 Å². The predicted molar refractivity (Wildman–Crippen MR) is 59.0 cm³/mol. The van der Waals surface area contributed by atoms with E-state index >= 15 is 0 Å². The number of pyridine rings is 1. The first kappa shape index (κ1) is 10.2. The van der Waals surface area contributed by atoms with Gasteiger partial charge in [-0.05, 0) is 35.0 Å². The molecule has 0 unspecified atom stereocenters. The summed E-state index contributed by atoms with van der Waals surface area (Å²) in [4.78, 5) is 15.0. The van der Waals surface area contributed by atoms with Gasteiger partial charge in [0, 0.05) is 5.69 Å². The molecule has 0 saturated carbocycles. The third kappa shape index (κ3) is 1.74. The van der Waals surface area contributed by atoms with Gasteiger partial charge >= 0.3 is 5.97 Å². The van der Waals surface area contributed by atoms with E-state index in [1.165, 1.54) is 0 Å². The SMILES string of the molecule is Cc1nc2cccc(CC(=O)O)n2c1Br. The first-order valence-corrected chi connectivity index (χ1v) is 5.23. The highest BCUT2D eigenvalue weighted by Crippen LogP contribution is 2.20. The average Bonchev–Trinajstić information content (AvgIpc) is 2.43. The molecule has 15 heavy (non-hydrogen) atoms. The largest absolute Gasteiger partial charge is 0.481 e. The number of hydrogen-bond donors (Lipinski definition) is 1. The van der Waals surface area contributed by atoms with Crippen molar-refractivity contribution >= 4 is 27.5 Å². The number of aliphatic carboxylic acids is 1. The van der Waals surface area contributed by atoms with E-state index in [1.807, 2.05) is 23.5 Å². The molecule has 0 saturated heterocycles. The van der Waals surface area contributed by atoms with Gasteiger partial charge in [0.25, 0.3) is 0 Å². The predicted octanol–water partition coefficient (Wildman–Crippen LogP) is 2.03. The van der Waals surface area contributed by atoms with Crippen molar-refractivity contribution in [1.29, 1.82) is 0 Å². The Morgan fingerprint density at radius 1 is 1.60 bits per heavy atom. The average molecular weight is 269 g/mol. The van der Waals surface area contributed by atoms with E-state index in [0.29, 0.717) is 5.69 Å². The van der Waals surface area contributed by atoms with Gasteiger partial charge in [-0.15, -0.1) is 0 Å². The fourth-order valence-corrected chi connectivity index (χ4v) is 2.03. The monoisotopic (exact) mass is 268 g/mol. The van der Waals surface area contributed by atoms with Crippen LogP contribution in [0.25, 0.3) is 5.65 Å². The molecule has 0 spiro atoms. The van der Waals surface area contributed by atoms with Crippen molar-refractivity contribution in [2.75, 3.05) is 0 Å². The highest BCUT2D eigenvalue weighted by Gasteiger charge is 2.10. The molecule has 5 heteroatoms. The van der Waals surface area contributed by atoms with Crippen molar-refractivity contribution in [2.24, 2.45) is 0 Å². The van der Waals surface area contributed by atoms with E-state index in [4.69, 9.17) is 5.11 Å². The summed E-state index contributed by atoms with van der Waals surface area (Å²) in [5, 5.41) is 8.78. The lowest BCUT2D eigenvalue weighted by Gasteiger charge is -2.03. The zero-order valence-electron chi connectivity index (χ0n) is 8.07. The van der Waals surface area contributed by atoms with Crippen molar-refractivity contribution in [3.05, 3.63) is 34.2 Å². The molecule has 4 nitrogen and oxygen atoms in total. The summed E-state index contributed by atoms with van der Waals surface area (Å²) in [6, 6.07) is 5.45. The Balaban J connectivity index is 2.68. The lowest BCUT2D eigenvalue weighted by Crippen LogP contribution is -2.05. The van der Waals surface area contributed by atoms with Crippen LogP contribution in [-0.2, 0) is 11.2 Å². The summed E-state index contributed by atoms with van der Waals surface area (Å²) in [7, 11) is 0. The van der Waals surface area contributed by atoms with Gasteiger partial charge in [0.2, 0.25) is 0 Å². The molecule has 0 aliphatic heterocycles. The Labute approximate surface area is 94.7 Å². The summed E-state index contributed by atoms with van der Waals surface area (Å²) in [5.41, 5.74) is 2.33. The van der Waals surface area contributed by atoms with Crippen molar-refractivity contribution in [2.45, 2.75) is 13.3 Å². The summed E-state index contributed by atoms with van der Waals surface area (Å²) >= 11 is 3.40. The number of fused-ring (bicyclic) bond motifs is 1. The number of carboxylic acid groups (broad SMARTS) is 1. The van der Waals surface area contributed by atoms with E-state index < -0.39 is 5.97 Å². The molecule has 2 heterocycles. The number of aryl methyl sites for hydroxylation is 1. The Bertz CT molecular complexity index is 533. The molecule has 2 rings (SSSR count). The number of rotatable bonds is 2. The lowest BCUT2D eigenvalue weighted by atomic mass is 10.2. The number of imidazole rings is 1. The fourth-order valence-electron chi connectivity index (χ4n) is 1.53. The van der Waals surface area contributed by atoms with Gasteiger partial charge in [-0.3, -0.25) is 9.20 Å². The third-order valence-electron chi connectivity index (χ3n) is 2.16. The fraction of sp³-hybridized carbons (Fsp3) is 0.200. The number of hydrogen-bond acceptors (Lipinski definition) is 2. The second kappa shape index (κ2) is 3.66. The molecule has 0 fully saturated rings. The third-order valence-corrected chi connectivity index (χ3v) is 3.09. The van der Waals surface area contributed by atoms with Crippen molar-refractivity contribution in [3.8, 4) is 0 Å². The topological polar surface area (TPSA) is 54.6 Å². The van der Waals surface area contributed by atoms with Crippen molar-refractivity contribution in [1.82, 2.24) is 9.38 Å². The number of carboxylic acids is 1. The second-order valence-corrected chi connectivity index (χ2v) is 4.02. The van der Waals surface area contributed by atoms with E-state index in [9.17, 15) is 4.79 Å². The maximum Gasteiger partial charge on any atom is 0.309 e. The molecule has 0 aliphatic rings. The molecule has 0 aromatic carbocycles. The number of carbonyl (C=O) groups is 1. The quantitative estimate of drug-likeness (QED) is 0.907. The zero-order chi connectivity index (χ0) is 11.0. The van der Waals surface area contributed by atoms with E-state index in [-0.39, 0.29) is 6.42 Å². The van der Waals surface area contributed by atoms with Crippen LogP contribution in [0.4, 0.5) is 0 Å². The minimum atomic E-state index is -0.847. The molecule has 0 atom stereocenters. The van der Waals surface area contributed by atoms with Crippen LogP contribution in [0.15, 0.2) is 22.8 Å². The van der Waals surface area contributed by atoms with E-state index in [1.54, 1.807) is 6.07 Å². The van der Waals surface area contributed by atoms with Gasteiger partial charge in [0.05, 0.1) is 12.1 Å². The van der Waals surface area contributed by atoms with Gasteiger partial charge < -0.3 is 5.11 Å². The van der Waals surface area contributed by atoms with Gasteiger partial charge in [0.15, 0.2) is 0 Å². The minimum absolute atomic E-state index is 0.00819. The van der Waals surface area contributed by atoms with Crippen LogP contribution in [0.2, 0.25) is 0 Å². The number of aromatic nitrogens is 2. The molecule has 2 aromatic heterocycles. The summed E-state index contributed by atoms with van der Waals surface area (Å²) in [6.07, 6.45) is -0.00819. The molecule has 0 amide bonds. The molecule has 1 N–H and O–H groups in total. The second-order valence-electron chi connectivity index (χ2n) is 3.27. The molecule has 0 bridgehead atoms. The molecule has 0 radical (unpaired) electrons. The van der Waals surface area contributed by atoms with Crippen molar-refractivity contribution < 1.29 is 9.90 Å². The number of halogens is 1. The highest BCUT2D eigenvalue weighted by atomic mass is 79.9. The van der Waals surface area contributed by atoms with Gasteiger partial charge in [-0.1, -0.05) is 6.07 Å². The Hall–Kier alpha value is -1.36. The maximum atomic E-state index is 10.7. The standard InChI is InChI=1S/C10H9BrN2O2/c1-6-10(11)13-7(5-9(14)15)3-2-4-8(13)12-6/h2-4H,5H2,1H3,(H,14,15). The van der Waals surface area contributed by atoms with E-state index in [2.05, 4.69) is 20.9 Å². The van der Waals surface area contributed by atoms with Crippen LogP contribution in [0.1, 0.15) is 11.4 Å². The maximum absolute atomic E-state index is 10.7. The van der Waals surface area contributed by atoms with Gasteiger partial charge in [0.1, 0.15) is 10.3 Å². The van der Waals surface area contributed by atoms with Crippen LogP contribution in [-0.4, -0.2) is 20.5 Å². The van der Waals surface area contributed by atoms with Crippen LogP contribution in [0, 0.1) is 6.92 Å². The molecule has 0 aliphatic carbocycles. The summed E-state index contributed by atoms with van der Waals surface area (Å²) in [5.74, 6) is -0.847. The van der Waals surface area contributed by atoms with Crippen LogP contribution >= 0.6 is 15.9 Å². The molecule has 2 aromatic rings. The van der Waals surface area contributed by atoms with Crippen LogP contribution < -0.4 is 0 Å². The van der Waals surface area contributed by atoms with E-state index in [0.717, 1.165) is 15.9 Å². The molecule has 78 valence electrons. The van der Waals surface area contributed by atoms with Crippen molar-refractivity contribution in [3.63, 3.8) is 0 Å². The van der Waals surface area contributed by atoms with Gasteiger partial charge in [-0.2, -0.15) is 0 Å². The van der Waals surface area contributed by atoms with Crippen LogP contribution in [0.3, 0.4) is 0 Å².